The van der Waals surface area contributed by atoms with Crippen LogP contribution in [0.1, 0.15) is 23.6 Å². The molecule has 0 bridgehead atoms. The Bertz CT molecular complexity index is 3140. The molecule has 59 heavy (non-hydrogen) atoms. The van der Waals surface area contributed by atoms with Crippen LogP contribution in [0.5, 0.6) is 0 Å². The number of nitrogens with zero attached hydrogens (tertiary/aromatic N) is 1. The van der Waals surface area contributed by atoms with Gasteiger partial charge in [0.05, 0.1) is 0 Å². The predicted molar refractivity (Wildman–Crippen MR) is 250 cm³/mol. The molecular weight excluding hydrogens is 711 g/mol. The van der Waals surface area contributed by atoms with Crippen molar-refractivity contribution in [1.29, 1.82) is 0 Å². The minimum atomic E-state index is -0.239. The lowest BCUT2D eigenvalue weighted by Gasteiger charge is -2.28. The van der Waals surface area contributed by atoms with E-state index in [4.69, 9.17) is 0 Å². The lowest BCUT2D eigenvalue weighted by atomic mass is 9.74. The van der Waals surface area contributed by atoms with Gasteiger partial charge >= 0.3 is 0 Å². The Morgan fingerprint density at radius 3 is 1.54 bits per heavy atom. The maximum atomic E-state index is 2.38. The smallest absolute Gasteiger partial charge is 0.0462 e. The summed E-state index contributed by atoms with van der Waals surface area (Å²) in [5.74, 6) is 0. The Morgan fingerprint density at radius 2 is 0.814 bits per heavy atom. The van der Waals surface area contributed by atoms with Crippen molar-refractivity contribution in [3.8, 4) is 44.5 Å². The highest BCUT2D eigenvalue weighted by molar-refractivity contribution is 5.98. The Kier molecular flexibility index (Phi) is 8.34. The van der Waals surface area contributed by atoms with Crippen molar-refractivity contribution in [3.63, 3.8) is 0 Å². The summed E-state index contributed by atoms with van der Waals surface area (Å²) >= 11 is 0. The van der Waals surface area contributed by atoms with Crippen molar-refractivity contribution in [2.45, 2.75) is 12.3 Å². The summed E-state index contributed by atoms with van der Waals surface area (Å²) in [5, 5.41) is 5.02. The largest absolute Gasteiger partial charge is 0.311 e. The highest BCUT2D eigenvalue weighted by Crippen LogP contribution is 2.55. The zero-order valence-electron chi connectivity index (χ0n) is 32.9. The summed E-state index contributed by atoms with van der Waals surface area (Å²) in [4.78, 5) is 2.37. The molecule has 0 N–H and O–H groups in total. The highest BCUT2D eigenvalue weighted by atomic mass is 15.1. The molecule has 1 aliphatic carbocycles. The van der Waals surface area contributed by atoms with E-state index in [0.29, 0.717) is 0 Å². The summed E-state index contributed by atoms with van der Waals surface area (Å²) in [7, 11) is 0. The first-order valence-corrected chi connectivity index (χ1v) is 20.5. The number of hydrogen-bond acceptors (Lipinski definition) is 1. The molecule has 278 valence electrons. The third-order valence-electron chi connectivity index (χ3n) is 12.6. The molecule has 0 aromatic heterocycles. The van der Waals surface area contributed by atoms with Crippen LogP contribution in [0.25, 0.3) is 66.1 Å². The predicted octanol–water partition coefficient (Wildman–Crippen LogP) is 15.8. The van der Waals surface area contributed by atoms with Crippen LogP contribution in [0.4, 0.5) is 17.1 Å². The van der Waals surface area contributed by atoms with Crippen LogP contribution in [0.15, 0.2) is 231 Å². The van der Waals surface area contributed by atoms with Gasteiger partial charge < -0.3 is 4.90 Å². The normalized spacial score (nSPS) is 14.3. The Balaban J connectivity index is 1.00. The molecule has 0 amide bonds. The van der Waals surface area contributed by atoms with Gasteiger partial charge in [-0.25, -0.2) is 0 Å². The number of benzene rings is 10. The summed E-state index contributed by atoms with van der Waals surface area (Å²) < 4.78 is 0. The molecule has 1 heteroatoms. The number of anilines is 3. The van der Waals surface area contributed by atoms with E-state index in [2.05, 4.69) is 242 Å². The molecule has 0 heterocycles. The SMILES string of the molecule is CC1(c2ccccc2)c2ccccc2-c2c(-c3ccc(N(c4ccc(-c5ccc6ccccc6c5)cc4)c4ccc(-c5cccc6ccccc56)cc4)cc3)cccc21. The Labute approximate surface area is 346 Å². The second-order valence-electron chi connectivity index (χ2n) is 15.8. The van der Waals surface area contributed by atoms with Crippen molar-refractivity contribution in [3.05, 3.63) is 247 Å². The van der Waals surface area contributed by atoms with Gasteiger partial charge in [-0.05, 0) is 132 Å². The van der Waals surface area contributed by atoms with Gasteiger partial charge in [0.1, 0.15) is 0 Å². The standard InChI is InChI=1S/C58H41N/c1-58(47-17-3-2-4-18-47)55-23-10-9-20-54(55)57-53(22-12-24-56(57)58)44-31-37-50(38-32-44)59(48-33-27-41(28-34-48)46-26-25-40-13-5-6-15-45(40)39-46)49-35-29-43(30-36-49)52-21-11-16-42-14-7-8-19-51(42)52/h2-39H,1H3. The van der Waals surface area contributed by atoms with Gasteiger partial charge in [0.25, 0.3) is 0 Å². The van der Waals surface area contributed by atoms with Crippen molar-refractivity contribution >= 4 is 38.6 Å². The molecule has 10 aromatic carbocycles. The summed E-state index contributed by atoms with van der Waals surface area (Å²) in [6.45, 7) is 2.38. The van der Waals surface area contributed by atoms with Gasteiger partial charge in [-0.3, -0.25) is 0 Å². The van der Waals surface area contributed by atoms with E-state index in [1.165, 1.54) is 82.7 Å². The van der Waals surface area contributed by atoms with Crippen LogP contribution >= 0.6 is 0 Å². The van der Waals surface area contributed by atoms with Crippen molar-refractivity contribution in [2.75, 3.05) is 4.90 Å². The first-order valence-electron chi connectivity index (χ1n) is 20.5. The van der Waals surface area contributed by atoms with E-state index >= 15 is 0 Å². The van der Waals surface area contributed by atoms with Gasteiger partial charge in [-0.15, -0.1) is 0 Å². The summed E-state index contributed by atoms with van der Waals surface area (Å²) in [6.07, 6.45) is 0. The van der Waals surface area contributed by atoms with E-state index in [1.54, 1.807) is 0 Å². The van der Waals surface area contributed by atoms with E-state index in [9.17, 15) is 0 Å². The van der Waals surface area contributed by atoms with Crippen molar-refractivity contribution in [1.82, 2.24) is 0 Å². The fourth-order valence-corrected chi connectivity index (χ4v) is 9.54. The molecule has 10 aromatic rings. The Hall–Kier alpha value is -7.48. The van der Waals surface area contributed by atoms with Crippen LogP contribution in [0.3, 0.4) is 0 Å². The van der Waals surface area contributed by atoms with Crippen LogP contribution in [-0.4, -0.2) is 0 Å². The van der Waals surface area contributed by atoms with Crippen molar-refractivity contribution in [2.24, 2.45) is 0 Å². The molecular formula is C58H41N. The summed E-state index contributed by atoms with van der Waals surface area (Å²) in [6, 6.07) is 84.4. The molecule has 1 unspecified atom stereocenters. The number of rotatable bonds is 7. The van der Waals surface area contributed by atoms with Gasteiger partial charge in [0.15, 0.2) is 0 Å². The molecule has 1 aliphatic rings. The topological polar surface area (TPSA) is 3.24 Å². The fourth-order valence-electron chi connectivity index (χ4n) is 9.54. The van der Waals surface area contributed by atoms with E-state index < -0.39 is 0 Å². The van der Waals surface area contributed by atoms with Crippen LogP contribution < -0.4 is 4.90 Å². The molecule has 0 saturated heterocycles. The zero-order valence-corrected chi connectivity index (χ0v) is 32.9. The van der Waals surface area contributed by atoms with E-state index in [0.717, 1.165) is 17.1 Å². The second kappa shape index (κ2) is 14.2. The van der Waals surface area contributed by atoms with Crippen molar-refractivity contribution < 1.29 is 0 Å². The number of hydrogen-bond donors (Lipinski definition) is 0. The average molecular weight is 752 g/mol. The molecule has 0 spiro atoms. The third-order valence-corrected chi connectivity index (χ3v) is 12.6. The first kappa shape index (κ1) is 34.7. The maximum Gasteiger partial charge on any atom is 0.0462 e. The average Bonchev–Trinajstić information content (AvgIpc) is 3.58. The third kappa shape index (κ3) is 5.86. The molecule has 1 atom stereocenters. The fraction of sp³-hybridized carbons (Fsp3) is 0.0345. The van der Waals surface area contributed by atoms with Crippen LogP contribution in [-0.2, 0) is 5.41 Å². The highest BCUT2D eigenvalue weighted by Gasteiger charge is 2.41. The lowest BCUT2D eigenvalue weighted by molar-refractivity contribution is 0.714. The zero-order chi connectivity index (χ0) is 39.3. The Morgan fingerprint density at radius 1 is 0.322 bits per heavy atom. The van der Waals surface area contributed by atoms with Crippen LogP contribution in [0.2, 0.25) is 0 Å². The van der Waals surface area contributed by atoms with Gasteiger partial charge in [0.2, 0.25) is 0 Å². The lowest BCUT2D eigenvalue weighted by Crippen LogP contribution is -2.22. The summed E-state index contributed by atoms with van der Waals surface area (Å²) in [5.41, 5.74) is 17.1. The minimum absolute atomic E-state index is 0.239. The molecule has 0 fully saturated rings. The van der Waals surface area contributed by atoms with Gasteiger partial charge in [-0.2, -0.15) is 0 Å². The minimum Gasteiger partial charge on any atom is -0.311 e. The van der Waals surface area contributed by atoms with Gasteiger partial charge in [-0.1, -0.05) is 188 Å². The monoisotopic (exact) mass is 751 g/mol. The van der Waals surface area contributed by atoms with Gasteiger partial charge in [0, 0.05) is 22.5 Å². The molecule has 0 radical (unpaired) electrons. The molecule has 0 saturated carbocycles. The molecule has 1 nitrogen and oxygen atoms in total. The second-order valence-corrected chi connectivity index (χ2v) is 15.8. The van der Waals surface area contributed by atoms with E-state index in [-0.39, 0.29) is 5.41 Å². The quantitative estimate of drug-likeness (QED) is 0.157. The van der Waals surface area contributed by atoms with E-state index in [1.807, 2.05) is 0 Å². The number of fused-ring (bicyclic) bond motifs is 5. The first-order chi connectivity index (χ1) is 29.1. The van der Waals surface area contributed by atoms with Crippen LogP contribution in [0, 0.1) is 0 Å². The molecule has 11 rings (SSSR count). The molecule has 0 aliphatic heterocycles. The maximum absolute atomic E-state index is 2.38.